The Morgan fingerprint density at radius 3 is 2.68 bits per heavy atom. The second-order valence-electron chi connectivity index (χ2n) is 5.01. The maximum atomic E-state index is 10.9. The van der Waals surface area contributed by atoms with Crippen LogP contribution in [0.15, 0.2) is 0 Å². The number of aliphatic hydroxyl groups is 1. The van der Waals surface area contributed by atoms with Gasteiger partial charge in [0.15, 0.2) is 0 Å². The fraction of sp³-hybridized carbons (Fsp3) is 0.923. The van der Waals surface area contributed by atoms with Crippen molar-refractivity contribution in [1.82, 2.24) is 10.3 Å². The van der Waals surface area contributed by atoms with Crippen molar-refractivity contribution in [1.29, 1.82) is 0 Å². The molecular formula is C13H27N3O3. The molecule has 0 spiro atoms. The molecule has 0 atom stereocenters. The highest BCUT2D eigenvalue weighted by atomic mass is 16.5. The van der Waals surface area contributed by atoms with Gasteiger partial charge in [-0.25, -0.2) is 5.84 Å². The van der Waals surface area contributed by atoms with Gasteiger partial charge in [0.25, 0.3) is 0 Å². The second-order valence-corrected chi connectivity index (χ2v) is 5.01. The van der Waals surface area contributed by atoms with Crippen LogP contribution in [0, 0.1) is 0 Å². The molecule has 0 aliphatic carbocycles. The van der Waals surface area contributed by atoms with Crippen molar-refractivity contribution in [3.63, 3.8) is 0 Å². The van der Waals surface area contributed by atoms with Crippen molar-refractivity contribution >= 4 is 5.91 Å². The van der Waals surface area contributed by atoms with E-state index < -0.39 is 0 Å². The summed E-state index contributed by atoms with van der Waals surface area (Å²) in [5.41, 5.74) is 2.15. The van der Waals surface area contributed by atoms with Gasteiger partial charge in [0.1, 0.15) is 0 Å². The van der Waals surface area contributed by atoms with Crippen LogP contribution >= 0.6 is 0 Å². The van der Waals surface area contributed by atoms with Crippen LogP contribution in [-0.4, -0.2) is 54.9 Å². The minimum Gasteiger partial charge on any atom is -0.394 e. The Balaban J connectivity index is 1.96. The molecule has 1 saturated heterocycles. The van der Waals surface area contributed by atoms with Crippen LogP contribution < -0.4 is 11.3 Å². The van der Waals surface area contributed by atoms with Gasteiger partial charge in [0.05, 0.1) is 19.3 Å². The monoisotopic (exact) mass is 273 g/mol. The summed E-state index contributed by atoms with van der Waals surface area (Å²) in [6.45, 7) is 3.79. The minimum absolute atomic E-state index is 0.0816. The first-order valence-corrected chi connectivity index (χ1v) is 7.20. The third-order valence-corrected chi connectivity index (χ3v) is 3.52. The molecular weight excluding hydrogens is 246 g/mol. The van der Waals surface area contributed by atoms with Crippen molar-refractivity contribution in [2.45, 2.75) is 44.6 Å². The first-order valence-electron chi connectivity index (χ1n) is 7.20. The van der Waals surface area contributed by atoms with Gasteiger partial charge in [0, 0.05) is 19.5 Å². The highest BCUT2D eigenvalue weighted by Crippen LogP contribution is 2.14. The van der Waals surface area contributed by atoms with Crippen molar-refractivity contribution in [2.24, 2.45) is 5.84 Å². The van der Waals surface area contributed by atoms with Crippen LogP contribution in [0.4, 0.5) is 0 Å². The summed E-state index contributed by atoms with van der Waals surface area (Å²) < 4.78 is 5.53. The van der Waals surface area contributed by atoms with E-state index in [1.165, 1.54) is 0 Å². The zero-order valence-electron chi connectivity index (χ0n) is 11.6. The Morgan fingerprint density at radius 1 is 1.32 bits per heavy atom. The molecule has 1 aliphatic rings. The predicted molar refractivity (Wildman–Crippen MR) is 73.3 cm³/mol. The molecule has 1 heterocycles. The van der Waals surface area contributed by atoms with E-state index in [4.69, 9.17) is 15.7 Å². The molecule has 1 fully saturated rings. The van der Waals surface area contributed by atoms with Crippen LogP contribution in [0.3, 0.4) is 0 Å². The standard InChI is InChI=1S/C13H27N3O3/c14-15-13(18)4-2-1-3-7-16-8-5-12(6-9-16)19-11-10-17/h12,17H,1-11,14H2,(H,15,18). The SMILES string of the molecule is NNC(=O)CCCCCN1CCC(OCCO)CC1. The average molecular weight is 273 g/mol. The van der Waals surface area contributed by atoms with E-state index >= 15 is 0 Å². The topological polar surface area (TPSA) is 87.8 Å². The number of nitrogens with zero attached hydrogens (tertiary/aromatic N) is 1. The molecule has 19 heavy (non-hydrogen) atoms. The first kappa shape index (κ1) is 16.4. The summed E-state index contributed by atoms with van der Waals surface area (Å²) in [6.07, 6.45) is 6.03. The summed E-state index contributed by atoms with van der Waals surface area (Å²) in [5, 5.41) is 8.70. The largest absolute Gasteiger partial charge is 0.394 e. The van der Waals surface area contributed by atoms with Crippen molar-refractivity contribution in [3.05, 3.63) is 0 Å². The third-order valence-electron chi connectivity index (χ3n) is 3.52. The number of nitrogens with one attached hydrogen (secondary N) is 1. The molecule has 1 rings (SSSR count). The number of nitrogens with two attached hydrogens (primary N) is 1. The van der Waals surface area contributed by atoms with E-state index in [2.05, 4.69) is 10.3 Å². The van der Waals surface area contributed by atoms with Crippen molar-refractivity contribution < 1.29 is 14.6 Å². The lowest BCUT2D eigenvalue weighted by atomic mass is 10.1. The molecule has 4 N–H and O–H groups in total. The summed E-state index contributed by atoms with van der Waals surface area (Å²) >= 11 is 0. The Bertz CT molecular complexity index is 243. The number of aliphatic hydroxyl groups excluding tert-OH is 1. The quantitative estimate of drug-likeness (QED) is 0.238. The number of carbonyl (C=O) groups is 1. The number of unbranched alkanes of at least 4 members (excludes halogenated alkanes) is 2. The molecule has 0 unspecified atom stereocenters. The zero-order chi connectivity index (χ0) is 13.9. The van der Waals surface area contributed by atoms with Crippen LogP contribution in [0.5, 0.6) is 0 Å². The van der Waals surface area contributed by atoms with E-state index in [1.807, 2.05) is 0 Å². The van der Waals surface area contributed by atoms with Crippen molar-refractivity contribution in [3.8, 4) is 0 Å². The Labute approximate surface area is 115 Å². The van der Waals surface area contributed by atoms with Gasteiger partial charge in [-0.05, 0) is 32.2 Å². The van der Waals surface area contributed by atoms with Gasteiger partial charge in [0.2, 0.25) is 5.91 Å². The molecule has 112 valence electrons. The molecule has 0 bridgehead atoms. The molecule has 6 heteroatoms. The van der Waals surface area contributed by atoms with Gasteiger partial charge < -0.3 is 14.7 Å². The first-order chi connectivity index (χ1) is 9.26. The number of carbonyl (C=O) groups excluding carboxylic acids is 1. The van der Waals surface area contributed by atoms with Gasteiger partial charge >= 0.3 is 0 Å². The highest BCUT2D eigenvalue weighted by molar-refractivity contribution is 5.74. The Morgan fingerprint density at radius 2 is 2.05 bits per heavy atom. The summed E-state index contributed by atoms with van der Waals surface area (Å²) in [4.78, 5) is 13.4. The van der Waals surface area contributed by atoms with Crippen LogP contribution in [0.25, 0.3) is 0 Å². The fourth-order valence-electron chi connectivity index (χ4n) is 2.39. The van der Waals surface area contributed by atoms with Crippen LogP contribution in [0.2, 0.25) is 0 Å². The van der Waals surface area contributed by atoms with Gasteiger partial charge in [-0.2, -0.15) is 0 Å². The number of rotatable bonds is 9. The molecule has 1 aliphatic heterocycles. The van der Waals surface area contributed by atoms with Crippen LogP contribution in [0.1, 0.15) is 38.5 Å². The van der Waals surface area contributed by atoms with Gasteiger partial charge in [-0.3, -0.25) is 10.2 Å². The molecule has 6 nitrogen and oxygen atoms in total. The molecule has 0 aromatic heterocycles. The normalized spacial score (nSPS) is 17.6. The molecule has 1 amide bonds. The lowest BCUT2D eigenvalue weighted by molar-refractivity contribution is -0.121. The summed E-state index contributed by atoms with van der Waals surface area (Å²) in [6, 6.07) is 0. The molecule has 0 aromatic rings. The lowest BCUT2D eigenvalue weighted by Gasteiger charge is -2.31. The lowest BCUT2D eigenvalue weighted by Crippen LogP contribution is -2.37. The molecule has 0 radical (unpaired) electrons. The second kappa shape index (κ2) is 10.1. The zero-order valence-corrected chi connectivity index (χ0v) is 11.6. The number of amides is 1. The van der Waals surface area contributed by atoms with E-state index in [0.29, 0.717) is 19.1 Å². The van der Waals surface area contributed by atoms with Crippen LogP contribution in [-0.2, 0) is 9.53 Å². The number of likely N-dealkylation sites (tertiary alicyclic amines) is 1. The molecule has 0 saturated carbocycles. The minimum atomic E-state index is -0.0816. The highest BCUT2D eigenvalue weighted by Gasteiger charge is 2.18. The van der Waals surface area contributed by atoms with Gasteiger partial charge in [-0.1, -0.05) is 6.42 Å². The number of hydrogen-bond donors (Lipinski definition) is 3. The number of ether oxygens (including phenoxy) is 1. The number of hydrogen-bond acceptors (Lipinski definition) is 5. The average Bonchev–Trinajstić information content (AvgIpc) is 2.45. The smallest absolute Gasteiger partial charge is 0.233 e. The molecule has 0 aromatic carbocycles. The maximum Gasteiger partial charge on any atom is 0.233 e. The summed E-state index contributed by atoms with van der Waals surface area (Å²) in [5.74, 6) is 4.93. The van der Waals surface area contributed by atoms with E-state index in [9.17, 15) is 4.79 Å². The number of piperidine rings is 1. The third kappa shape index (κ3) is 7.47. The summed E-state index contributed by atoms with van der Waals surface area (Å²) in [7, 11) is 0. The maximum absolute atomic E-state index is 10.9. The predicted octanol–water partition coefficient (Wildman–Crippen LogP) is 0.01000. The number of hydrazine groups is 1. The van der Waals surface area contributed by atoms with E-state index in [-0.39, 0.29) is 12.5 Å². The fourth-order valence-corrected chi connectivity index (χ4v) is 2.39. The van der Waals surface area contributed by atoms with E-state index in [0.717, 1.165) is 51.7 Å². The Hall–Kier alpha value is -0.690. The van der Waals surface area contributed by atoms with E-state index in [1.54, 1.807) is 0 Å². The van der Waals surface area contributed by atoms with Crippen molar-refractivity contribution in [2.75, 3.05) is 32.8 Å². The Kier molecular flexibility index (Phi) is 8.73. The van der Waals surface area contributed by atoms with Gasteiger partial charge in [-0.15, -0.1) is 0 Å².